The molecule has 0 bridgehead atoms. The van der Waals surface area contributed by atoms with Gasteiger partial charge in [0.15, 0.2) is 5.11 Å². The number of para-hydroxylation sites is 1. The van der Waals surface area contributed by atoms with Crippen molar-refractivity contribution in [2.75, 3.05) is 19.0 Å². The maximum Gasteiger partial charge on any atom is 0.250 e. The monoisotopic (exact) mass is 383 g/mol. The Balaban J connectivity index is 1.55. The van der Waals surface area contributed by atoms with Crippen molar-refractivity contribution in [1.82, 2.24) is 20.6 Å². The van der Waals surface area contributed by atoms with Gasteiger partial charge in [-0.3, -0.25) is 4.79 Å². The number of H-pyrrole nitrogens is 1. The molecule has 0 aliphatic heterocycles. The third-order valence-electron chi connectivity index (χ3n) is 4.00. The van der Waals surface area contributed by atoms with Crippen LogP contribution >= 0.6 is 12.2 Å². The van der Waals surface area contributed by atoms with E-state index >= 15 is 0 Å². The van der Waals surface area contributed by atoms with Gasteiger partial charge >= 0.3 is 0 Å². The molecule has 27 heavy (non-hydrogen) atoms. The summed E-state index contributed by atoms with van der Waals surface area (Å²) in [6.45, 7) is 1.10. The standard InChI is InChI=1S/C19H21N5O2S/c1-26-12-17(25)24-16-5-3-2-4-14(16)11-23-19(27)22-10-13-6-8-20-18-15(13)7-9-21-18/h2-9H,10-12H2,1H3,(H,20,21)(H,24,25)(H2,22,23,27). The Kier molecular flexibility index (Phi) is 6.35. The van der Waals surface area contributed by atoms with Gasteiger partial charge in [-0.1, -0.05) is 18.2 Å². The van der Waals surface area contributed by atoms with Gasteiger partial charge in [-0.2, -0.15) is 0 Å². The Hall–Kier alpha value is -2.97. The van der Waals surface area contributed by atoms with Crippen LogP contribution < -0.4 is 16.0 Å². The van der Waals surface area contributed by atoms with Gasteiger partial charge in [0, 0.05) is 43.7 Å². The highest BCUT2D eigenvalue weighted by atomic mass is 32.1. The number of pyridine rings is 1. The Morgan fingerprint density at radius 1 is 1.15 bits per heavy atom. The number of hydrogen-bond acceptors (Lipinski definition) is 4. The number of thiocarbonyl (C=S) groups is 1. The second-order valence-corrected chi connectivity index (χ2v) is 6.29. The zero-order valence-electron chi connectivity index (χ0n) is 14.9. The van der Waals surface area contributed by atoms with Crippen LogP contribution in [0.2, 0.25) is 0 Å². The first kappa shape index (κ1) is 18.8. The molecular formula is C19H21N5O2S. The second-order valence-electron chi connectivity index (χ2n) is 5.88. The fourth-order valence-electron chi connectivity index (χ4n) is 2.70. The smallest absolute Gasteiger partial charge is 0.250 e. The molecule has 0 fully saturated rings. The molecule has 3 rings (SSSR count). The molecule has 1 aromatic carbocycles. The quantitative estimate of drug-likeness (QED) is 0.468. The van der Waals surface area contributed by atoms with Crippen molar-refractivity contribution in [3.8, 4) is 0 Å². The molecule has 0 radical (unpaired) electrons. The van der Waals surface area contributed by atoms with E-state index in [0.717, 1.165) is 27.8 Å². The first-order chi connectivity index (χ1) is 13.2. The first-order valence-electron chi connectivity index (χ1n) is 8.46. The summed E-state index contributed by atoms with van der Waals surface area (Å²) in [7, 11) is 1.49. The van der Waals surface area contributed by atoms with Crippen molar-refractivity contribution >= 4 is 40.0 Å². The van der Waals surface area contributed by atoms with Gasteiger partial charge in [-0.25, -0.2) is 4.98 Å². The maximum atomic E-state index is 11.7. The van der Waals surface area contributed by atoms with E-state index in [-0.39, 0.29) is 12.5 Å². The van der Waals surface area contributed by atoms with E-state index in [1.165, 1.54) is 7.11 Å². The van der Waals surface area contributed by atoms with Gasteiger partial charge in [0.1, 0.15) is 12.3 Å². The number of fused-ring (bicyclic) bond motifs is 1. The van der Waals surface area contributed by atoms with Crippen molar-refractivity contribution < 1.29 is 9.53 Å². The van der Waals surface area contributed by atoms with Gasteiger partial charge in [-0.05, 0) is 41.5 Å². The number of aromatic nitrogens is 2. The number of aromatic amines is 1. The molecule has 2 aromatic heterocycles. The summed E-state index contributed by atoms with van der Waals surface area (Å²) in [5.74, 6) is -0.196. The largest absolute Gasteiger partial charge is 0.375 e. The summed E-state index contributed by atoms with van der Waals surface area (Å²) in [6.07, 6.45) is 3.64. The molecule has 7 nitrogen and oxygen atoms in total. The van der Waals surface area contributed by atoms with Gasteiger partial charge < -0.3 is 25.7 Å². The summed E-state index contributed by atoms with van der Waals surface area (Å²) in [5, 5.41) is 10.8. The molecule has 2 heterocycles. The Morgan fingerprint density at radius 2 is 1.93 bits per heavy atom. The number of hydrogen-bond donors (Lipinski definition) is 4. The number of ether oxygens (including phenoxy) is 1. The van der Waals surface area contributed by atoms with Crippen molar-refractivity contribution in [1.29, 1.82) is 0 Å². The molecule has 0 spiro atoms. The third-order valence-corrected chi connectivity index (χ3v) is 4.28. The SMILES string of the molecule is COCC(=O)Nc1ccccc1CNC(=S)NCc1ccnc2[nH]ccc12. The molecule has 0 saturated heterocycles. The van der Waals surface area contributed by atoms with Crippen LogP contribution in [0.4, 0.5) is 5.69 Å². The van der Waals surface area contributed by atoms with Gasteiger partial charge in [0.2, 0.25) is 5.91 Å². The fraction of sp³-hybridized carbons (Fsp3) is 0.211. The summed E-state index contributed by atoms with van der Waals surface area (Å²) in [4.78, 5) is 19.1. The van der Waals surface area contributed by atoms with Crippen LogP contribution in [0, 0.1) is 0 Å². The lowest BCUT2D eigenvalue weighted by atomic mass is 10.1. The zero-order chi connectivity index (χ0) is 19.1. The molecule has 8 heteroatoms. The first-order valence-corrected chi connectivity index (χ1v) is 8.87. The van der Waals surface area contributed by atoms with Gasteiger partial charge in [-0.15, -0.1) is 0 Å². The number of nitrogens with zero attached hydrogens (tertiary/aromatic N) is 1. The van der Waals surface area contributed by atoms with E-state index in [9.17, 15) is 4.79 Å². The lowest BCUT2D eigenvalue weighted by molar-refractivity contribution is -0.119. The second kappa shape index (κ2) is 9.11. The van der Waals surface area contributed by atoms with Crippen molar-refractivity contribution in [2.24, 2.45) is 0 Å². The predicted molar refractivity (Wildman–Crippen MR) is 109 cm³/mol. The summed E-state index contributed by atoms with van der Waals surface area (Å²) < 4.78 is 4.85. The lowest BCUT2D eigenvalue weighted by Gasteiger charge is -2.14. The van der Waals surface area contributed by atoms with E-state index < -0.39 is 0 Å². The molecule has 0 unspecified atom stereocenters. The summed E-state index contributed by atoms with van der Waals surface area (Å²) >= 11 is 5.37. The Labute approximate surface area is 162 Å². The predicted octanol–water partition coefficient (Wildman–Crippen LogP) is 2.31. The number of rotatable bonds is 7. The highest BCUT2D eigenvalue weighted by molar-refractivity contribution is 7.80. The zero-order valence-corrected chi connectivity index (χ0v) is 15.7. The van der Waals surface area contributed by atoms with E-state index in [2.05, 4.69) is 25.9 Å². The van der Waals surface area contributed by atoms with Gasteiger partial charge in [0.05, 0.1) is 0 Å². The Morgan fingerprint density at radius 3 is 2.74 bits per heavy atom. The van der Waals surface area contributed by atoms with Crippen LogP contribution in [0.1, 0.15) is 11.1 Å². The highest BCUT2D eigenvalue weighted by Gasteiger charge is 2.07. The maximum absolute atomic E-state index is 11.7. The molecule has 4 N–H and O–H groups in total. The van der Waals surface area contributed by atoms with Crippen LogP contribution in [0.25, 0.3) is 11.0 Å². The molecule has 3 aromatic rings. The van der Waals surface area contributed by atoms with Crippen LogP contribution in [-0.2, 0) is 22.6 Å². The number of benzene rings is 1. The van der Waals surface area contributed by atoms with Crippen molar-refractivity contribution in [2.45, 2.75) is 13.1 Å². The van der Waals surface area contributed by atoms with Gasteiger partial charge in [0.25, 0.3) is 0 Å². The number of methoxy groups -OCH3 is 1. The number of anilines is 1. The molecular weight excluding hydrogens is 362 g/mol. The molecule has 0 aliphatic carbocycles. The van der Waals surface area contributed by atoms with Crippen LogP contribution in [0.15, 0.2) is 48.8 Å². The average Bonchev–Trinajstić information content (AvgIpc) is 3.15. The van der Waals surface area contributed by atoms with Crippen molar-refractivity contribution in [3.63, 3.8) is 0 Å². The number of amides is 1. The highest BCUT2D eigenvalue weighted by Crippen LogP contribution is 2.16. The minimum Gasteiger partial charge on any atom is -0.375 e. The average molecular weight is 383 g/mol. The molecule has 0 aliphatic rings. The van der Waals surface area contributed by atoms with Crippen LogP contribution in [0.3, 0.4) is 0 Å². The minimum absolute atomic E-state index is 0.0152. The molecule has 0 atom stereocenters. The normalized spacial score (nSPS) is 10.6. The van der Waals surface area contributed by atoms with E-state index in [4.69, 9.17) is 17.0 Å². The number of nitrogens with one attached hydrogen (secondary N) is 4. The summed E-state index contributed by atoms with van der Waals surface area (Å²) in [5.41, 5.74) is 3.63. The number of carbonyl (C=O) groups excluding carboxylic acids is 1. The minimum atomic E-state index is -0.196. The number of carbonyl (C=O) groups is 1. The van der Waals surface area contributed by atoms with Crippen molar-refractivity contribution in [3.05, 3.63) is 59.9 Å². The van der Waals surface area contributed by atoms with Crippen LogP contribution in [-0.4, -0.2) is 34.7 Å². The van der Waals surface area contributed by atoms with E-state index in [1.54, 1.807) is 6.20 Å². The molecule has 0 saturated carbocycles. The topological polar surface area (TPSA) is 91.1 Å². The fourth-order valence-corrected chi connectivity index (χ4v) is 2.84. The summed E-state index contributed by atoms with van der Waals surface area (Å²) in [6, 6.07) is 11.5. The van der Waals surface area contributed by atoms with E-state index in [1.807, 2.05) is 42.6 Å². The Bertz CT molecular complexity index is 941. The van der Waals surface area contributed by atoms with Crippen LogP contribution in [0.5, 0.6) is 0 Å². The lowest BCUT2D eigenvalue weighted by Crippen LogP contribution is -2.34. The van der Waals surface area contributed by atoms with E-state index in [0.29, 0.717) is 18.2 Å². The molecule has 1 amide bonds. The third kappa shape index (κ3) is 5.02. The molecule has 140 valence electrons.